The summed E-state index contributed by atoms with van der Waals surface area (Å²) in [6.45, 7) is 5.91. The van der Waals surface area contributed by atoms with Crippen LogP contribution in [0.1, 0.15) is 65.2 Å². The normalized spacial score (nSPS) is 19.7. The van der Waals surface area contributed by atoms with E-state index in [4.69, 9.17) is 0 Å². The van der Waals surface area contributed by atoms with Crippen LogP contribution in [0.3, 0.4) is 0 Å². The molecule has 1 fully saturated rings. The van der Waals surface area contributed by atoms with Crippen molar-refractivity contribution in [1.82, 2.24) is 5.32 Å². The molecular formula is C14H29NO. The van der Waals surface area contributed by atoms with E-state index in [1.165, 1.54) is 51.4 Å². The maximum absolute atomic E-state index is 9.20. The van der Waals surface area contributed by atoms with Crippen molar-refractivity contribution >= 4 is 0 Å². The standard InChI is InChI=1S/C14H29NO/c1-3-4-5-6-7-8-13(2)15-11-14(12-16)9-10-14/h13,15-16H,3-12H2,1-2H3. The Hall–Kier alpha value is -0.0800. The Bertz CT molecular complexity index is 178. The number of rotatable bonds is 10. The molecule has 0 radical (unpaired) electrons. The molecule has 0 amide bonds. The second-order valence-electron chi connectivity index (χ2n) is 5.64. The second-order valence-corrected chi connectivity index (χ2v) is 5.64. The molecule has 0 spiro atoms. The predicted molar refractivity (Wildman–Crippen MR) is 69.6 cm³/mol. The maximum atomic E-state index is 9.20. The highest BCUT2D eigenvalue weighted by Crippen LogP contribution is 2.44. The second kappa shape index (κ2) is 7.29. The molecule has 2 N–H and O–H groups in total. The van der Waals surface area contributed by atoms with E-state index >= 15 is 0 Å². The van der Waals surface area contributed by atoms with Crippen LogP contribution in [0.5, 0.6) is 0 Å². The van der Waals surface area contributed by atoms with E-state index in [-0.39, 0.29) is 5.41 Å². The fourth-order valence-corrected chi connectivity index (χ4v) is 2.11. The van der Waals surface area contributed by atoms with Gasteiger partial charge >= 0.3 is 0 Å². The van der Waals surface area contributed by atoms with Crippen LogP contribution in [0.25, 0.3) is 0 Å². The van der Waals surface area contributed by atoms with Crippen LogP contribution < -0.4 is 5.32 Å². The molecule has 1 aliphatic carbocycles. The van der Waals surface area contributed by atoms with Crippen LogP contribution in [0.4, 0.5) is 0 Å². The van der Waals surface area contributed by atoms with Gasteiger partial charge in [-0.3, -0.25) is 0 Å². The molecule has 1 aliphatic rings. The molecule has 0 aliphatic heterocycles. The highest BCUT2D eigenvalue weighted by atomic mass is 16.3. The van der Waals surface area contributed by atoms with E-state index in [0.717, 1.165) is 6.54 Å². The molecule has 2 heteroatoms. The number of unbranched alkanes of at least 4 members (excludes halogenated alkanes) is 4. The van der Waals surface area contributed by atoms with E-state index in [1.54, 1.807) is 0 Å². The smallest absolute Gasteiger partial charge is 0.0499 e. The molecular weight excluding hydrogens is 198 g/mol. The quantitative estimate of drug-likeness (QED) is 0.562. The SMILES string of the molecule is CCCCCCCC(C)NCC1(CO)CC1. The number of hydrogen-bond donors (Lipinski definition) is 2. The lowest BCUT2D eigenvalue weighted by molar-refractivity contribution is 0.203. The van der Waals surface area contributed by atoms with Gasteiger partial charge in [-0.2, -0.15) is 0 Å². The fraction of sp³-hybridized carbons (Fsp3) is 1.00. The van der Waals surface area contributed by atoms with Gasteiger partial charge in [0.05, 0.1) is 0 Å². The lowest BCUT2D eigenvalue weighted by Crippen LogP contribution is -2.33. The first-order valence-corrected chi connectivity index (χ1v) is 7.07. The largest absolute Gasteiger partial charge is 0.396 e. The monoisotopic (exact) mass is 227 g/mol. The molecule has 16 heavy (non-hydrogen) atoms. The van der Waals surface area contributed by atoms with Gasteiger partial charge in [0.15, 0.2) is 0 Å². The molecule has 1 rings (SSSR count). The summed E-state index contributed by atoms with van der Waals surface area (Å²) >= 11 is 0. The Kier molecular flexibility index (Phi) is 6.37. The van der Waals surface area contributed by atoms with Gasteiger partial charge in [-0.05, 0) is 26.2 Å². The first-order chi connectivity index (χ1) is 7.72. The van der Waals surface area contributed by atoms with E-state index in [2.05, 4.69) is 19.2 Å². The lowest BCUT2D eigenvalue weighted by atomic mass is 10.1. The molecule has 0 aromatic heterocycles. The highest BCUT2D eigenvalue weighted by Gasteiger charge is 2.41. The molecule has 0 aromatic carbocycles. The van der Waals surface area contributed by atoms with Gasteiger partial charge in [0, 0.05) is 24.6 Å². The molecule has 0 aromatic rings. The summed E-state index contributed by atoms with van der Waals surface area (Å²) in [6, 6.07) is 0.616. The third kappa shape index (κ3) is 5.31. The average Bonchev–Trinajstić information content (AvgIpc) is 3.07. The summed E-state index contributed by atoms with van der Waals surface area (Å²) in [5.41, 5.74) is 0.260. The predicted octanol–water partition coefficient (Wildman–Crippen LogP) is 3.10. The van der Waals surface area contributed by atoms with E-state index in [0.29, 0.717) is 12.6 Å². The molecule has 1 atom stereocenters. The maximum Gasteiger partial charge on any atom is 0.0499 e. The average molecular weight is 227 g/mol. The molecule has 0 saturated heterocycles. The van der Waals surface area contributed by atoms with Crippen LogP contribution in [0.2, 0.25) is 0 Å². The first-order valence-electron chi connectivity index (χ1n) is 7.07. The third-order valence-corrected chi connectivity index (χ3v) is 3.86. The van der Waals surface area contributed by atoms with Gasteiger partial charge in [0.1, 0.15) is 0 Å². The minimum absolute atomic E-state index is 0.260. The van der Waals surface area contributed by atoms with Crippen molar-refractivity contribution in [3.05, 3.63) is 0 Å². The van der Waals surface area contributed by atoms with E-state index in [9.17, 15) is 5.11 Å². The Balaban J connectivity index is 1.92. The van der Waals surface area contributed by atoms with Gasteiger partial charge in [0.25, 0.3) is 0 Å². The number of aliphatic hydroxyl groups excluding tert-OH is 1. The van der Waals surface area contributed by atoms with Gasteiger partial charge in [-0.1, -0.05) is 39.0 Å². The van der Waals surface area contributed by atoms with Crippen molar-refractivity contribution in [2.24, 2.45) is 5.41 Å². The Morgan fingerprint density at radius 1 is 1.19 bits per heavy atom. The minimum atomic E-state index is 0.260. The van der Waals surface area contributed by atoms with E-state index in [1.807, 2.05) is 0 Å². The summed E-state index contributed by atoms with van der Waals surface area (Å²) in [4.78, 5) is 0. The fourth-order valence-electron chi connectivity index (χ4n) is 2.11. The molecule has 1 saturated carbocycles. The van der Waals surface area contributed by atoms with Crippen LogP contribution in [0.15, 0.2) is 0 Å². The zero-order valence-electron chi connectivity index (χ0n) is 11.1. The number of hydrogen-bond acceptors (Lipinski definition) is 2. The summed E-state index contributed by atoms with van der Waals surface area (Å²) < 4.78 is 0. The lowest BCUT2D eigenvalue weighted by Gasteiger charge is -2.18. The van der Waals surface area contributed by atoms with Crippen molar-refractivity contribution < 1.29 is 5.11 Å². The topological polar surface area (TPSA) is 32.3 Å². The zero-order chi connectivity index (χ0) is 11.9. The molecule has 0 bridgehead atoms. The van der Waals surface area contributed by atoms with Gasteiger partial charge < -0.3 is 10.4 Å². The summed E-state index contributed by atoms with van der Waals surface area (Å²) in [5.74, 6) is 0. The van der Waals surface area contributed by atoms with Crippen molar-refractivity contribution in [3.8, 4) is 0 Å². The molecule has 0 heterocycles. The third-order valence-electron chi connectivity index (χ3n) is 3.86. The highest BCUT2D eigenvalue weighted by molar-refractivity contribution is 4.94. The summed E-state index contributed by atoms with van der Waals surface area (Å²) in [7, 11) is 0. The van der Waals surface area contributed by atoms with Crippen molar-refractivity contribution in [2.45, 2.75) is 71.3 Å². The van der Waals surface area contributed by atoms with Gasteiger partial charge in [-0.15, -0.1) is 0 Å². The Labute approximate surface area is 101 Å². The Morgan fingerprint density at radius 2 is 1.88 bits per heavy atom. The van der Waals surface area contributed by atoms with Crippen molar-refractivity contribution in [3.63, 3.8) is 0 Å². The zero-order valence-corrected chi connectivity index (χ0v) is 11.1. The summed E-state index contributed by atoms with van der Waals surface area (Å²) in [6.07, 6.45) is 10.5. The molecule has 96 valence electrons. The molecule has 1 unspecified atom stereocenters. The van der Waals surface area contributed by atoms with Crippen LogP contribution >= 0.6 is 0 Å². The first kappa shape index (κ1) is 14.0. The minimum Gasteiger partial charge on any atom is -0.396 e. The molecule has 2 nitrogen and oxygen atoms in total. The van der Waals surface area contributed by atoms with Crippen molar-refractivity contribution in [2.75, 3.05) is 13.2 Å². The van der Waals surface area contributed by atoms with Gasteiger partial charge in [-0.25, -0.2) is 0 Å². The van der Waals surface area contributed by atoms with Gasteiger partial charge in [0.2, 0.25) is 0 Å². The van der Waals surface area contributed by atoms with Crippen LogP contribution in [-0.4, -0.2) is 24.3 Å². The van der Waals surface area contributed by atoms with E-state index < -0.39 is 0 Å². The van der Waals surface area contributed by atoms with Crippen LogP contribution in [0, 0.1) is 5.41 Å². The van der Waals surface area contributed by atoms with Crippen LogP contribution in [-0.2, 0) is 0 Å². The number of aliphatic hydroxyl groups is 1. The van der Waals surface area contributed by atoms with Crippen molar-refractivity contribution in [1.29, 1.82) is 0 Å². The Morgan fingerprint density at radius 3 is 2.44 bits per heavy atom. The summed E-state index contributed by atoms with van der Waals surface area (Å²) in [5, 5.41) is 12.8. The number of nitrogens with one attached hydrogen (secondary N) is 1.